The topological polar surface area (TPSA) is 67.8 Å². The molecular weight excluding hydrogens is 413 g/mol. The van der Waals surface area contributed by atoms with Gasteiger partial charge in [-0.05, 0) is 67.1 Å². The Kier molecular flexibility index (Phi) is 7.78. The number of aliphatic hydroxyl groups is 1. The molecular formula is C22H25Cl2NO4. The van der Waals surface area contributed by atoms with Gasteiger partial charge in [-0.2, -0.15) is 0 Å². The van der Waals surface area contributed by atoms with Crippen molar-refractivity contribution in [3.05, 3.63) is 63.1 Å². The van der Waals surface area contributed by atoms with E-state index in [9.17, 15) is 9.90 Å². The molecule has 3 rings (SSSR count). The molecule has 7 heteroatoms. The van der Waals surface area contributed by atoms with Gasteiger partial charge in [0.1, 0.15) is 5.75 Å². The van der Waals surface area contributed by atoms with E-state index >= 15 is 0 Å². The number of carbonyl (C=O) groups excluding carboxylic acids is 1. The number of benzene rings is 2. The molecule has 0 aromatic heterocycles. The lowest BCUT2D eigenvalue weighted by Crippen LogP contribution is -2.37. The zero-order valence-corrected chi connectivity index (χ0v) is 17.8. The van der Waals surface area contributed by atoms with Gasteiger partial charge in [0, 0.05) is 17.6 Å². The molecule has 0 bridgehead atoms. The minimum absolute atomic E-state index is 0.167. The Balaban J connectivity index is 1.59. The molecule has 1 aliphatic carbocycles. The maximum atomic E-state index is 11.5. The summed E-state index contributed by atoms with van der Waals surface area (Å²) in [6.07, 6.45) is 2.01. The molecule has 2 aromatic rings. The minimum Gasteiger partial charge on any atom is -0.480 e. The van der Waals surface area contributed by atoms with Crippen molar-refractivity contribution in [2.24, 2.45) is 0 Å². The van der Waals surface area contributed by atoms with E-state index in [1.807, 2.05) is 24.3 Å². The molecule has 156 valence electrons. The number of aliphatic hydroxyl groups excluding tert-OH is 1. The van der Waals surface area contributed by atoms with E-state index in [-0.39, 0.29) is 12.6 Å². The molecule has 0 aliphatic heterocycles. The van der Waals surface area contributed by atoms with Crippen LogP contribution in [0.1, 0.15) is 36.1 Å². The molecule has 0 saturated carbocycles. The van der Waals surface area contributed by atoms with Gasteiger partial charge in [0.2, 0.25) is 0 Å². The van der Waals surface area contributed by atoms with E-state index in [0.717, 1.165) is 30.4 Å². The third-order valence-corrected chi connectivity index (χ3v) is 5.50. The largest absolute Gasteiger partial charge is 0.480 e. The van der Waals surface area contributed by atoms with Crippen LogP contribution >= 0.6 is 23.2 Å². The number of rotatable bonds is 8. The summed E-state index contributed by atoms with van der Waals surface area (Å²) >= 11 is 12.3. The van der Waals surface area contributed by atoms with Gasteiger partial charge >= 0.3 is 5.97 Å². The Morgan fingerprint density at radius 3 is 2.86 bits per heavy atom. The summed E-state index contributed by atoms with van der Waals surface area (Å²) in [4.78, 5) is 11.5. The predicted octanol–water partition coefficient (Wildman–Crippen LogP) is 4.12. The zero-order valence-electron chi connectivity index (χ0n) is 16.3. The third kappa shape index (κ3) is 6.09. The van der Waals surface area contributed by atoms with E-state index in [1.165, 1.54) is 5.56 Å². The lowest BCUT2D eigenvalue weighted by molar-refractivity contribution is -0.145. The summed E-state index contributed by atoms with van der Waals surface area (Å²) < 4.78 is 10.4. The second kappa shape index (κ2) is 10.3. The standard InChI is InChI=1S/C22H25Cl2NO4/c1-2-28-22(27)13-29-21-11-16-9-18(7-6-14(16)10-19(21)24)25-12-20(26)15-4-3-5-17(23)8-15/h3-5,8,10-11,18,20,25-26H,2,6-7,9,12-13H2,1H3/t18?,20-/m0/s1. The van der Waals surface area contributed by atoms with Crippen LogP contribution in [0.15, 0.2) is 36.4 Å². The molecule has 0 saturated heterocycles. The van der Waals surface area contributed by atoms with E-state index in [4.69, 9.17) is 32.7 Å². The van der Waals surface area contributed by atoms with Gasteiger partial charge in [0.25, 0.3) is 0 Å². The van der Waals surface area contributed by atoms with Crippen molar-refractivity contribution < 1.29 is 19.4 Å². The SMILES string of the molecule is CCOC(=O)COc1cc2c(cc1Cl)CCC(NC[C@H](O)c1cccc(Cl)c1)C2. The van der Waals surface area contributed by atoms with Crippen LogP contribution in [0, 0.1) is 0 Å². The van der Waals surface area contributed by atoms with Crippen molar-refractivity contribution in [3.8, 4) is 5.75 Å². The van der Waals surface area contributed by atoms with Crippen LogP contribution in [0.2, 0.25) is 10.0 Å². The Hall–Kier alpha value is -1.79. The second-order valence-electron chi connectivity index (χ2n) is 7.06. The Morgan fingerprint density at radius 1 is 1.28 bits per heavy atom. The van der Waals surface area contributed by atoms with E-state index in [2.05, 4.69) is 5.32 Å². The second-order valence-corrected chi connectivity index (χ2v) is 7.91. The molecule has 1 aliphatic rings. The summed E-state index contributed by atoms with van der Waals surface area (Å²) in [6.45, 7) is 2.34. The van der Waals surface area contributed by atoms with Crippen LogP contribution in [0.3, 0.4) is 0 Å². The van der Waals surface area contributed by atoms with Crippen LogP contribution in [0.25, 0.3) is 0 Å². The molecule has 0 radical (unpaired) electrons. The van der Waals surface area contributed by atoms with Crippen LogP contribution in [-0.4, -0.2) is 36.9 Å². The first kappa shape index (κ1) is 21.9. The minimum atomic E-state index is -0.621. The van der Waals surface area contributed by atoms with Gasteiger partial charge < -0.3 is 19.9 Å². The average molecular weight is 438 g/mol. The monoisotopic (exact) mass is 437 g/mol. The first-order chi connectivity index (χ1) is 14.0. The van der Waals surface area contributed by atoms with Gasteiger partial charge in [0.15, 0.2) is 6.61 Å². The molecule has 2 N–H and O–H groups in total. The van der Waals surface area contributed by atoms with Gasteiger partial charge in [0.05, 0.1) is 17.7 Å². The average Bonchev–Trinajstić information content (AvgIpc) is 2.70. The van der Waals surface area contributed by atoms with Gasteiger partial charge in [-0.1, -0.05) is 35.3 Å². The predicted molar refractivity (Wildman–Crippen MR) is 114 cm³/mol. The number of halogens is 2. The molecule has 5 nitrogen and oxygen atoms in total. The molecule has 0 spiro atoms. The highest BCUT2D eigenvalue weighted by atomic mass is 35.5. The number of hydrogen-bond donors (Lipinski definition) is 2. The third-order valence-electron chi connectivity index (χ3n) is 4.97. The van der Waals surface area contributed by atoms with Crippen molar-refractivity contribution >= 4 is 29.2 Å². The molecule has 0 amide bonds. The first-order valence-corrected chi connectivity index (χ1v) is 10.5. The molecule has 2 aromatic carbocycles. The van der Waals surface area contributed by atoms with Gasteiger partial charge in [-0.25, -0.2) is 4.79 Å². The van der Waals surface area contributed by atoms with Crippen molar-refractivity contribution in [2.45, 2.75) is 38.3 Å². The normalized spacial score (nSPS) is 16.8. The zero-order chi connectivity index (χ0) is 20.8. The Morgan fingerprint density at radius 2 is 2.10 bits per heavy atom. The number of fused-ring (bicyclic) bond motifs is 1. The maximum Gasteiger partial charge on any atom is 0.344 e. The van der Waals surface area contributed by atoms with Crippen LogP contribution < -0.4 is 10.1 Å². The fourth-order valence-electron chi connectivity index (χ4n) is 3.49. The van der Waals surface area contributed by atoms with E-state index in [0.29, 0.717) is 28.9 Å². The van der Waals surface area contributed by atoms with Crippen molar-refractivity contribution in [1.29, 1.82) is 0 Å². The molecule has 1 unspecified atom stereocenters. The number of hydrogen-bond acceptors (Lipinski definition) is 5. The highest BCUT2D eigenvalue weighted by Crippen LogP contribution is 2.32. The molecule has 29 heavy (non-hydrogen) atoms. The molecule has 2 atom stereocenters. The fourth-order valence-corrected chi connectivity index (χ4v) is 3.93. The summed E-state index contributed by atoms with van der Waals surface area (Å²) in [6, 6.07) is 11.3. The first-order valence-electron chi connectivity index (χ1n) is 9.73. The van der Waals surface area contributed by atoms with E-state index in [1.54, 1.807) is 19.1 Å². The summed E-state index contributed by atoms with van der Waals surface area (Å²) in [5.41, 5.74) is 3.11. The van der Waals surface area contributed by atoms with Crippen molar-refractivity contribution in [2.75, 3.05) is 19.8 Å². The fraction of sp³-hybridized carbons (Fsp3) is 0.409. The van der Waals surface area contributed by atoms with Crippen molar-refractivity contribution in [3.63, 3.8) is 0 Å². The lowest BCUT2D eigenvalue weighted by Gasteiger charge is -2.27. The summed E-state index contributed by atoms with van der Waals surface area (Å²) in [5.74, 6) is 0.0638. The van der Waals surface area contributed by atoms with E-state index < -0.39 is 12.1 Å². The number of ether oxygens (including phenoxy) is 2. The number of esters is 1. The van der Waals surface area contributed by atoms with Gasteiger partial charge in [-0.3, -0.25) is 0 Å². The Labute approximate surface area is 180 Å². The molecule has 0 fully saturated rings. The summed E-state index contributed by atoms with van der Waals surface area (Å²) in [7, 11) is 0. The Bertz CT molecular complexity index is 859. The number of aryl methyl sites for hydroxylation is 1. The maximum absolute atomic E-state index is 11.5. The number of carbonyl (C=O) groups is 1. The van der Waals surface area contributed by atoms with Crippen molar-refractivity contribution in [1.82, 2.24) is 5.32 Å². The van der Waals surface area contributed by atoms with Crippen LogP contribution in [0.5, 0.6) is 5.75 Å². The summed E-state index contributed by atoms with van der Waals surface area (Å²) in [5, 5.41) is 15.0. The molecule has 0 heterocycles. The quantitative estimate of drug-likeness (QED) is 0.607. The van der Waals surface area contributed by atoms with Gasteiger partial charge in [-0.15, -0.1) is 0 Å². The van der Waals surface area contributed by atoms with Crippen LogP contribution in [0.4, 0.5) is 0 Å². The van der Waals surface area contributed by atoms with Crippen LogP contribution in [-0.2, 0) is 22.4 Å². The highest BCUT2D eigenvalue weighted by Gasteiger charge is 2.22. The smallest absolute Gasteiger partial charge is 0.344 e. The highest BCUT2D eigenvalue weighted by molar-refractivity contribution is 6.32. The number of nitrogens with one attached hydrogen (secondary N) is 1. The lowest BCUT2D eigenvalue weighted by atomic mass is 9.88.